The van der Waals surface area contributed by atoms with Crippen LogP contribution in [0.1, 0.15) is 24.5 Å². The average Bonchev–Trinajstić information content (AvgIpc) is 3.10. The van der Waals surface area contributed by atoms with Crippen molar-refractivity contribution in [3.63, 3.8) is 0 Å². The van der Waals surface area contributed by atoms with Gasteiger partial charge in [0.25, 0.3) is 0 Å². The lowest BCUT2D eigenvalue weighted by Gasteiger charge is -2.14. The second kappa shape index (κ2) is 5.71. The predicted molar refractivity (Wildman–Crippen MR) is 74.2 cm³/mol. The lowest BCUT2D eigenvalue weighted by Crippen LogP contribution is -2.32. The van der Waals surface area contributed by atoms with Crippen LogP contribution in [0.25, 0.3) is 0 Å². The van der Waals surface area contributed by atoms with Gasteiger partial charge < -0.3 is 14.8 Å². The maximum absolute atomic E-state index is 12.3. The van der Waals surface area contributed by atoms with Gasteiger partial charge in [0.05, 0.1) is 11.1 Å². The minimum Gasteiger partial charge on any atom is -0.623 e. The van der Waals surface area contributed by atoms with Crippen LogP contribution in [0.15, 0.2) is 45.5 Å². The van der Waals surface area contributed by atoms with Crippen molar-refractivity contribution < 1.29 is 14.4 Å². The van der Waals surface area contributed by atoms with Crippen molar-refractivity contribution in [1.82, 2.24) is 0 Å². The monoisotopic (exact) mass is 278 g/mol. The molecule has 0 radical (unpaired) electrons. The van der Waals surface area contributed by atoms with Gasteiger partial charge in [0.2, 0.25) is 11.8 Å². The van der Waals surface area contributed by atoms with Crippen LogP contribution < -0.4 is 0 Å². The molecule has 0 aliphatic rings. The Morgan fingerprint density at radius 3 is 2.79 bits per heavy atom. The molecule has 2 rings (SSSR count). The van der Waals surface area contributed by atoms with E-state index in [1.165, 1.54) is 17.6 Å². The van der Waals surface area contributed by atoms with E-state index in [1.54, 1.807) is 26.0 Å². The van der Waals surface area contributed by atoms with E-state index in [0.29, 0.717) is 11.5 Å². The van der Waals surface area contributed by atoms with Gasteiger partial charge in [-0.15, -0.1) is 11.3 Å². The number of hydroxylamine groups is 1. The molecule has 0 unspecified atom stereocenters. The molecule has 2 aromatic heterocycles. The van der Waals surface area contributed by atoms with Crippen LogP contribution in [0, 0.1) is 5.21 Å². The summed E-state index contributed by atoms with van der Waals surface area (Å²) in [6.45, 7) is 3.41. The molecule has 1 N–H and O–H groups in total. The number of hydrogen-bond acceptors (Lipinski definition) is 5. The van der Waals surface area contributed by atoms with E-state index in [1.807, 2.05) is 17.5 Å². The van der Waals surface area contributed by atoms with E-state index in [-0.39, 0.29) is 5.71 Å². The number of oxime groups is 1. The fourth-order valence-corrected chi connectivity index (χ4v) is 2.48. The van der Waals surface area contributed by atoms with Crippen molar-refractivity contribution in [3.8, 4) is 0 Å². The summed E-state index contributed by atoms with van der Waals surface area (Å²) in [4.78, 5) is 0.888. The highest BCUT2D eigenvalue weighted by Crippen LogP contribution is 2.13. The molecule has 0 saturated heterocycles. The Balaban J connectivity index is 2.33. The molecule has 0 aliphatic heterocycles. The Morgan fingerprint density at radius 2 is 2.26 bits per heavy atom. The minimum atomic E-state index is -0.641. The topological polar surface area (TPSA) is 71.8 Å². The van der Waals surface area contributed by atoms with Gasteiger partial charge in [-0.25, -0.2) is 0 Å². The molecule has 0 fully saturated rings. The summed E-state index contributed by atoms with van der Waals surface area (Å²) in [6.07, 6.45) is 1.47. The molecule has 0 aromatic carbocycles. The number of thiophene rings is 1. The molecule has 2 aromatic rings. The maximum Gasteiger partial charge on any atom is 0.209 e. The molecular weight excluding hydrogens is 264 g/mol. The Kier molecular flexibility index (Phi) is 4.01. The highest BCUT2D eigenvalue weighted by atomic mass is 32.1. The van der Waals surface area contributed by atoms with Crippen molar-refractivity contribution >= 4 is 22.8 Å². The Bertz CT molecular complexity index is 585. The van der Waals surface area contributed by atoms with Crippen molar-refractivity contribution in [2.45, 2.75) is 19.9 Å². The normalized spacial score (nSPS) is 15.2. The SMILES string of the molecule is C/C(c1cccs1)=[N+](/[O-])[C@H](C)/C(=N\O)c1ccco1. The zero-order valence-electron chi connectivity index (χ0n) is 10.6. The summed E-state index contributed by atoms with van der Waals surface area (Å²) in [5.41, 5.74) is 0.783. The fraction of sp³-hybridized carbons (Fsp3) is 0.231. The van der Waals surface area contributed by atoms with Crippen molar-refractivity contribution in [3.05, 3.63) is 51.8 Å². The van der Waals surface area contributed by atoms with Crippen LogP contribution in [-0.2, 0) is 0 Å². The van der Waals surface area contributed by atoms with E-state index in [4.69, 9.17) is 9.62 Å². The number of nitrogens with zero attached hydrogens (tertiary/aromatic N) is 2. The predicted octanol–water partition coefficient (Wildman–Crippen LogP) is 2.93. The van der Waals surface area contributed by atoms with Gasteiger partial charge in [0.15, 0.2) is 11.5 Å². The lowest BCUT2D eigenvalue weighted by atomic mass is 10.1. The largest absolute Gasteiger partial charge is 0.623 e. The zero-order chi connectivity index (χ0) is 13.8. The number of furan rings is 1. The fourth-order valence-electron chi connectivity index (χ4n) is 1.76. The first-order valence-electron chi connectivity index (χ1n) is 5.74. The Labute approximate surface area is 114 Å². The third-order valence-electron chi connectivity index (χ3n) is 2.84. The summed E-state index contributed by atoms with van der Waals surface area (Å²) < 4.78 is 5.99. The van der Waals surface area contributed by atoms with Crippen LogP contribution in [0.3, 0.4) is 0 Å². The van der Waals surface area contributed by atoms with Gasteiger partial charge in [-0.1, -0.05) is 11.2 Å². The molecule has 0 amide bonds. The molecule has 2 heterocycles. The summed E-state index contributed by atoms with van der Waals surface area (Å²) >= 11 is 1.49. The smallest absolute Gasteiger partial charge is 0.209 e. The van der Waals surface area contributed by atoms with Crippen LogP contribution in [0.2, 0.25) is 0 Å². The second-order valence-corrected chi connectivity index (χ2v) is 4.97. The second-order valence-electron chi connectivity index (χ2n) is 4.03. The quantitative estimate of drug-likeness (QED) is 0.307. The number of hydrogen-bond donors (Lipinski definition) is 1. The van der Waals surface area contributed by atoms with Crippen LogP contribution in [0.5, 0.6) is 0 Å². The van der Waals surface area contributed by atoms with Crippen LogP contribution >= 0.6 is 11.3 Å². The maximum atomic E-state index is 12.3. The molecular formula is C13H14N2O3S. The molecule has 5 nitrogen and oxygen atoms in total. The van der Waals surface area contributed by atoms with E-state index in [0.717, 1.165) is 9.62 Å². The average molecular weight is 278 g/mol. The van der Waals surface area contributed by atoms with Crippen molar-refractivity contribution in [2.24, 2.45) is 5.16 Å². The van der Waals surface area contributed by atoms with Crippen molar-refractivity contribution in [2.75, 3.05) is 0 Å². The first-order valence-corrected chi connectivity index (χ1v) is 6.62. The van der Waals surface area contributed by atoms with E-state index in [9.17, 15) is 5.21 Å². The standard InChI is InChI=1S/C13H14N2O3S/c1-9(12-6-4-8-19-12)15(17)10(2)13(14-16)11-5-3-7-18-11/h3-8,10,16H,1-2H3/b14-13+,15-9-/t10-/m1/s1. The molecule has 0 bridgehead atoms. The molecule has 100 valence electrons. The van der Waals surface area contributed by atoms with Gasteiger partial charge in [-0.05, 0) is 23.6 Å². The lowest BCUT2D eigenvalue weighted by molar-refractivity contribution is -0.476. The van der Waals surface area contributed by atoms with Crippen LogP contribution in [-0.4, -0.2) is 27.4 Å². The highest BCUT2D eigenvalue weighted by Gasteiger charge is 2.25. The third-order valence-corrected chi connectivity index (χ3v) is 3.82. The van der Waals surface area contributed by atoms with Gasteiger partial charge in [-0.2, -0.15) is 4.74 Å². The molecule has 19 heavy (non-hydrogen) atoms. The van der Waals surface area contributed by atoms with E-state index in [2.05, 4.69) is 5.16 Å². The molecule has 0 aliphatic carbocycles. The molecule has 0 saturated carbocycles. The highest BCUT2D eigenvalue weighted by molar-refractivity contribution is 7.12. The Hall–Kier alpha value is -2.08. The van der Waals surface area contributed by atoms with Gasteiger partial charge >= 0.3 is 0 Å². The van der Waals surface area contributed by atoms with Gasteiger partial charge in [-0.3, -0.25) is 0 Å². The molecule has 1 atom stereocenters. The first kappa shape index (κ1) is 13.4. The Morgan fingerprint density at radius 1 is 1.47 bits per heavy atom. The summed E-state index contributed by atoms with van der Waals surface area (Å²) in [7, 11) is 0. The number of rotatable bonds is 4. The van der Waals surface area contributed by atoms with E-state index < -0.39 is 6.04 Å². The first-order chi connectivity index (χ1) is 9.15. The molecule has 0 spiro atoms. The molecule has 6 heteroatoms. The van der Waals surface area contributed by atoms with Gasteiger partial charge in [0, 0.05) is 13.8 Å². The third kappa shape index (κ3) is 2.68. The zero-order valence-corrected chi connectivity index (χ0v) is 11.4. The summed E-state index contributed by atoms with van der Waals surface area (Å²) in [5.74, 6) is 0.384. The van der Waals surface area contributed by atoms with Gasteiger partial charge in [0.1, 0.15) is 0 Å². The minimum absolute atomic E-state index is 0.205. The summed E-state index contributed by atoms with van der Waals surface area (Å²) in [6, 6.07) is 6.45. The van der Waals surface area contributed by atoms with Crippen molar-refractivity contribution in [1.29, 1.82) is 0 Å². The van der Waals surface area contributed by atoms with Crippen LogP contribution in [0.4, 0.5) is 0 Å². The summed E-state index contributed by atoms with van der Waals surface area (Å²) in [5, 5.41) is 26.5. The van der Waals surface area contributed by atoms with E-state index >= 15 is 0 Å².